The van der Waals surface area contributed by atoms with Crippen LogP contribution in [0.1, 0.15) is 21.5 Å². The van der Waals surface area contributed by atoms with Crippen LogP contribution < -0.4 is 0 Å². The van der Waals surface area contributed by atoms with Crippen LogP contribution in [0.3, 0.4) is 0 Å². The molecule has 0 aliphatic carbocycles. The summed E-state index contributed by atoms with van der Waals surface area (Å²) >= 11 is 0. The molecule has 128 valence electrons. The number of aryl methyl sites for hydroxylation is 1. The van der Waals surface area contributed by atoms with Gasteiger partial charge in [-0.15, -0.1) is 0 Å². The van der Waals surface area contributed by atoms with Crippen LogP contribution in [0.5, 0.6) is 0 Å². The zero-order valence-corrected chi connectivity index (χ0v) is 12.5. The van der Waals surface area contributed by atoms with Crippen molar-refractivity contribution >= 4 is 15.9 Å². The van der Waals surface area contributed by atoms with Gasteiger partial charge in [-0.1, -0.05) is 0 Å². The maximum absolute atomic E-state index is 13.7. The number of halogens is 5. The highest BCUT2D eigenvalue weighted by Gasteiger charge is 2.31. The topological polar surface area (TPSA) is 71.4 Å². The van der Waals surface area contributed by atoms with Crippen molar-refractivity contribution in [3.63, 3.8) is 0 Å². The number of carbonyl (C=O) groups excluding carboxylic acids is 1. The zero-order valence-electron chi connectivity index (χ0n) is 11.7. The quantitative estimate of drug-likeness (QED) is 0.298. The number of carbonyl (C=O) groups is 1. The van der Waals surface area contributed by atoms with E-state index >= 15 is 0 Å². The Labute approximate surface area is 132 Å². The van der Waals surface area contributed by atoms with Crippen LogP contribution in [0.2, 0.25) is 0 Å². The molecule has 2 aromatic rings. The second-order valence-corrected chi connectivity index (χ2v) is 6.15. The summed E-state index contributed by atoms with van der Waals surface area (Å²) in [7, 11) is -4.60. The first kappa shape index (κ1) is 18.0. The van der Waals surface area contributed by atoms with Gasteiger partial charge in [0.15, 0.2) is 29.1 Å². The average molecular weight is 366 g/mol. The molecule has 0 radical (unpaired) electrons. The first-order valence-electron chi connectivity index (χ1n) is 6.11. The van der Waals surface area contributed by atoms with Gasteiger partial charge in [0, 0.05) is 5.56 Å². The summed E-state index contributed by atoms with van der Waals surface area (Å²) in [6.45, 7) is 1.16. The van der Waals surface area contributed by atoms with Gasteiger partial charge >= 0.3 is 0 Å². The van der Waals surface area contributed by atoms with Crippen molar-refractivity contribution in [2.24, 2.45) is 0 Å². The molecule has 0 heterocycles. The molecule has 0 aromatic heterocycles. The Kier molecular flexibility index (Phi) is 4.46. The van der Waals surface area contributed by atoms with Gasteiger partial charge in [-0.05, 0) is 30.7 Å². The number of hydrogen-bond donors (Lipinski definition) is 1. The Morgan fingerprint density at radius 1 is 0.917 bits per heavy atom. The average Bonchev–Trinajstić information content (AvgIpc) is 2.50. The first-order chi connectivity index (χ1) is 11.0. The van der Waals surface area contributed by atoms with Gasteiger partial charge < -0.3 is 0 Å². The summed E-state index contributed by atoms with van der Waals surface area (Å²) in [6, 6.07) is 2.36. The smallest absolute Gasteiger partial charge is 0.288 e. The molecule has 0 saturated heterocycles. The van der Waals surface area contributed by atoms with Crippen LogP contribution in [0.15, 0.2) is 23.1 Å². The summed E-state index contributed by atoms with van der Waals surface area (Å²) in [5.74, 6) is -13.1. The van der Waals surface area contributed by atoms with Gasteiger partial charge in [-0.3, -0.25) is 9.35 Å². The molecule has 0 aliphatic rings. The lowest BCUT2D eigenvalue weighted by molar-refractivity contribution is 0.102. The second kappa shape index (κ2) is 5.95. The van der Waals surface area contributed by atoms with Crippen LogP contribution in [0.4, 0.5) is 22.0 Å². The molecule has 0 amide bonds. The molecule has 0 fully saturated rings. The molecule has 0 spiro atoms. The van der Waals surface area contributed by atoms with E-state index in [2.05, 4.69) is 0 Å². The minimum Gasteiger partial charge on any atom is -0.288 e. The van der Waals surface area contributed by atoms with Crippen molar-refractivity contribution in [2.45, 2.75) is 11.8 Å². The van der Waals surface area contributed by atoms with Crippen molar-refractivity contribution in [3.05, 3.63) is 64.0 Å². The van der Waals surface area contributed by atoms with Crippen molar-refractivity contribution < 1.29 is 39.7 Å². The lowest BCUT2D eigenvalue weighted by Crippen LogP contribution is -2.15. The predicted molar refractivity (Wildman–Crippen MR) is 70.7 cm³/mol. The van der Waals surface area contributed by atoms with Crippen molar-refractivity contribution in [1.82, 2.24) is 0 Å². The Balaban J connectivity index is 2.67. The minimum absolute atomic E-state index is 0.154. The Morgan fingerprint density at radius 3 is 1.79 bits per heavy atom. The van der Waals surface area contributed by atoms with Gasteiger partial charge in [0.25, 0.3) is 10.1 Å². The number of hydrogen-bond acceptors (Lipinski definition) is 3. The maximum atomic E-state index is 13.7. The molecule has 10 heteroatoms. The fraction of sp³-hybridized carbons (Fsp3) is 0.0714. The fourth-order valence-electron chi connectivity index (χ4n) is 1.99. The maximum Gasteiger partial charge on any atom is 0.294 e. The van der Waals surface area contributed by atoms with Crippen molar-refractivity contribution in [3.8, 4) is 0 Å². The monoisotopic (exact) mass is 366 g/mol. The minimum atomic E-state index is -4.60. The SMILES string of the molecule is Cc1cc(S(=O)(=O)O)ccc1C(=O)c1c(F)c(F)c(F)c(F)c1F. The van der Waals surface area contributed by atoms with Gasteiger partial charge in [-0.25, -0.2) is 22.0 Å². The lowest BCUT2D eigenvalue weighted by atomic mass is 9.98. The molecule has 0 bridgehead atoms. The third kappa shape index (κ3) is 2.89. The third-order valence-electron chi connectivity index (χ3n) is 3.18. The summed E-state index contributed by atoms with van der Waals surface area (Å²) < 4.78 is 97.5. The van der Waals surface area contributed by atoms with Crippen LogP contribution >= 0.6 is 0 Å². The Morgan fingerprint density at radius 2 is 1.38 bits per heavy atom. The van der Waals surface area contributed by atoms with Crippen molar-refractivity contribution in [1.29, 1.82) is 0 Å². The molecule has 0 aliphatic heterocycles. The Bertz CT molecular complexity index is 941. The summed E-state index contributed by atoms with van der Waals surface area (Å²) in [6.07, 6.45) is 0. The third-order valence-corrected chi connectivity index (χ3v) is 4.03. The first-order valence-corrected chi connectivity index (χ1v) is 7.55. The molecule has 2 rings (SSSR count). The molecule has 0 atom stereocenters. The molecule has 24 heavy (non-hydrogen) atoms. The number of benzene rings is 2. The van der Waals surface area contributed by atoms with E-state index in [1.807, 2.05) is 0 Å². The van der Waals surface area contributed by atoms with E-state index in [1.165, 1.54) is 0 Å². The zero-order chi connectivity index (χ0) is 18.4. The molecular weight excluding hydrogens is 359 g/mol. The van der Waals surface area contributed by atoms with Gasteiger partial charge in [0.1, 0.15) is 5.56 Å². The molecule has 4 nitrogen and oxygen atoms in total. The summed E-state index contributed by atoms with van der Waals surface area (Å²) in [4.78, 5) is 11.5. The predicted octanol–water partition coefficient (Wildman–Crippen LogP) is 3.17. The van der Waals surface area contributed by atoms with E-state index in [1.54, 1.807) is 0 Å². The fourth-order valence-corrected chi connectivity index (χ4v) is 2.56. The van der Waals surface area contributed by atoms with Crippen LogP contribution in [0, 0.1) is 36.0 Å². The van der Waals surface area contributed by atoms with E-state index in [-0.39, 0.29) is 5.56 Å². The highest BCUT2D eigenvalue weighted by molar-refractivity contribution is 7.85. The van der Waals surface area contributed by atoms with Gasteiger partial charge in [-0.2, -0.15) is 8.42 Å². The van der Waals surface area contributed by atoms with Crippen LogP contribution in [-0.4, -0.2) is 18.8 Å². The molecule has 1 N–H and O–H groups in total. The highest BCUT2D eigenvalue weighted by Crippen LogP contribution is 2.26. The standard InChI is InChI=1S/C14H7F5O4S/c1-5-4-6(24(21,22)23)2-3-7(5)14(20)8-9(15)11(17)13(19)12(18)10(8)16/h2-4H,1H3,(H,21,22,23). The van der Waals surface area contributed by atoms with E-state index in [0.717, 1.165) is 25.1 Å². The number of ketones is 1. The van der Waals surface area contributed by atoms with E-state index in [9.17, 15) is 35.2 Å². The summed E-state index contributed by atoms with van der Waals surface area (Å²) in [5, 5.41) is 0. The molecule has 2 aromatic carbocycles. The van der Waals surface area contributed by atoms with Crippen LogP contribution in [-0.2, 0) is 10.1 Å². The highest BCUT2D eigenvalue weighted by atomic mass is 32.2. The second-order valence-electron chi connectivity index (χ2n) is 4.73. The van der Waals surface area contributed by atoms with E-state index in [4.69, 9.17) is 4.55 Å². The van der Waals surface area contributed by atoms with Crippen molar-refractivity contribution in [2.75, 3.05) is 0 Å². The van der Waals surface area contributed by atoms with Gasteiger partial charge in [0.2, 0.25) is 5.82 Å². The Hall–Kier alpha value is -2.33. The largest absolute Gasteiger partial charge is 0.294 e. The van der Waals surface area contributed by atoms with E-state index in [0.29, 0.717) is 0 Å². The molecular formula is C14H7F5O4S. The van der Waals surface area contributed by atoms with Crippen LogP contribution in [0.25, 0.3) is 0 Å². The van der Waals surface area contributed by atoms with Gasteiger partial charge in [0.05, 0.1) is 4.90 Å². The number of rotatable bonds is 3. The molecule has 0 saturated carbocycles. The van der Waals surface area contributed by atoms with E-state index < -0.39 is 61.0 Å². The lowest BCUT2D eigenvalue weighted by Gasteiger charge is -2.10. The normalized spacial score (nSPS) is 11.6. The summed E-state index contributed by atoms with van der Waals surface area (Å²) in [5.41, 5.74) is -2.31. The molecule has 0 unspecified atom stereocenters.